The molecule has 0 aliphatic carbocycles. The van der Waals surface area contributed by atoms with Gasteiger partial charge in [0.25, 0.3) is 0 Å². The van der Waals surface area contributed by atoms with E-state index in [4.69, 9.17) is 16.3 Å². The van der Waals surface area contributed by atoms with E-state index in [1.807, 2.05) is 55.8 Å². The Hall–Kier alpha value is -3.00. The quantitative estimate of drug-likeness (QED) is 0.581. The standard InChI is InChI=1S/C24H31ClN6O2/c1-6-26-19-14-31(18-9-7-8-17(25)12-18)22-20(19)21(27-15-28-22)30-11-10-29(13-16(30)2)23(32)33-24(3,4)5/h7-9,12,14-16,26H,6,10-11,13H2,1-5H3. The van der Waals surface area contributed by atoms with Crippen LogP contribution in [-0.4, -0.2) is 63.4 Å². The van der Waals surface area contributed by atoms with Crippen molar-refractivity contribution in [2.45, 2.75) is 46.3 Å². The molecule has 1 aromatic carbocycles. The van der Waals surface area contributed by atoms with E-state index in [1.165, 1.54) is 0 Å². The van der Waals surface area contributed by atoms with Crippen molar-refractivity contribution >= 4 is 40.2 Å². The molecule has 3 heterocycles. The Balaban J connectivity index is 1.69. The second-order valence-corrected chi connectivity index (χ2v) is 9.72. The fraction of sp³-hybridized carbons (Fsp3) is 0.458. The maximum Gasteiger partial charge on any atom is 0.410 e. The molecule has 2 aromatic heterocycles. The molecule has 4 rings (SSSR count). The number of rotatable bonds is 4. The summed E-state index contributed by atoms with van der Waals surface area (Å²) in [5.74, 6) is 0.855. The van der Waals surface area contributed by atoms with Crippen molar-refractivity contribution in [3.8, 4) is 5.69 Å². The number of anilines is 2. The van der Waals surface area contributed by atoms with Crippen molar-refractivity contribution < 1.29 is 9.53 Å². The smallest absolute Gasteiger partial charge is 0.410 e. The van der Waals surface area contributed by atoms with Crippen LogP contribution in [0.1, 0.15) is 34.6 Å². The molecule has 0 saturated carbocycles. The van der Waals surface area contributed by atoms with Crippen LogP contribution in [-0.2, 0) is 4.74 Å². The van der Waals surface area contributed by atoms with Gasteiger partial charge >= 0.3 is 6.09 Å². The molecule has 1 amide bonds. The molecule has 1 aliphatic rings. The first-order valence-electron chi connectivity index (χ1n) is 11.3. The Morgan fingerprint density at radius 1 is 1.27 bits per heavy atom. The molecular weight excluding hydrogens is 440 g/mol. The number of hydrogen-bond acceptors (Lipinski definition) is 6. The molecule has 0 bridgehead atoms. The zero-order valence-corrected chi connectivity index (χ0v) is 20.6. The fourth-order valence-corrected chi connectivity index (χ4v) is 4.36. The summed E-state index contributed by atoms with van der Waals surface area (Å²) in [4.78, 5) is 25.9. The lowest BCUT2D eigenvalue weighted by molar-refractivity contribution is 0.0218. The first-order chi connectivity index (χ1) is 15.7. The first kappa shape index (κ1) is 23.2. The van der Waals surface area contributed by atoms with Crippen molar-refractivity contribution in [2.24, 2.45) is 0 Å². The molecule has 9 heteroatoms. The van der Waals surface area contributed by atoms with Gasteiger partial charge in [-0.1, -0.05) is 17.7 Å². The van der Waals surface area contributed by atoms with Crippen LogP contribution in [0.2, 0.25) is 5.02 Å². The summed E-state index contributed by atoms with van der Waals surface area (Å²) in [6, 6.07) is 7.77. The molecule has 1 atom stereocenters. The van der Waals surface area contributed by atoms with Gasteiger partial charge < -0.3 is 19.9 Å². The number of carbonyl (C=O) groups excluding carboxylic acids is 1. The average Bonchev–Trinajstić information content (AvgIpc) is 3.12. The van der Waals surface area contributed by atoms with Crippen LogP contribution in [0, 0.1) is 0 Å². The number of amides is 1. The van der Waals surface area contributed by atoms with Gasteiger partial charge in [0.2, 0.25) is 0 Å². The molecule has 3 aromatic rings. The van der Waals surface area contributed by atoms with Crippen LogP contribution in [0.4, 0.5) is 16.3 Å². The molecule has 1 fully saturated rings. The lowest BCUT2D eigenvalue weighted by atomic mass is 10.1. The van der Waals surface area contributed by atoms with Gasteiger partial charge in [-0.05, 0) is 52.8 Å². The normalized spacial score (nSPS) is 16.8. The van der Waals surface area contributed by atoms with Gasteiger partial charge in [-0.3, -0.25) is 4.57 Å². The lowest BCUT2D eigenvalue weighted by Gasteiger charge is -2.41. The van der Waals surface area contributed by atoms with E-state index in [0.29, 0.717) is 24.7 Å². The topological polar surface area (TPSA) is 75.5 Å². The molecule has 0 radical (unpaired) electrons. The molecule has 33 heavy (non-hydrogen) atoms. The molecule has 0 spiro atoms. The molecule has 176 valence electrons. The Morgan fingerprint density at radius 3 is 2.73 bits per heavy atom. The van der Waals surface area contributed by atoms with Gasteiger partial charge in [0.1, 0.15) is 17.7 Å². The zero-order valence-electron chi connectivity index (χ0n) is 19.8. The second-order valence-electron chi connectivity index (χ2n) is 9.29. The number of benzene rings is 1. The minimum absolute atomic E-state index is 0.0633. The van der Waals surface area contributed by atoms with Gasteiger partial charge in [0, 0.05) is 49.1 Å². The van der Waals surface area contributed by atoms with Gasteiger partial charge in [-0.25, -0.2) is 14.8 Å². The SMILES string of the molecule is CCNc1cn(-c2cccc(Cl)c2)c2ncnc(N3CCN(C(=O)OC(C)(C)C)CC3C)c12. The number of hydrogen-bond donors (Lipinski definition) is 1. The van der Waals surface area contributed by atoms with Crippen molar-refractivity contribution in [3.63, 3.8) is 0 Å². The molecule has 1 saturated heterocycles. The third-order valence-corrected chi connectivity index (χ3v) is 5.80. The summed E-state index contributed by atoms with van der Waals surface area (Å²) < 4.78 is 7.60. The minimum atomic E-state index is -0.514. The number of piperazine rings is 1. The van der Waals surface area contributed by atoms with Crippen LogP contribution in [0.3, 0.4) is 0 Å². The largest absolute Gasteiger partial charge is 0.444 e. The average molecular weight is 471 g/mol. The number of carbonyl (C=O) groups is 1. The van der Waals surface area contributed by atoms with E-state index in [1.54, 1.807) is 11.2 Å². The number of ether oxygens (including phenoxy) is 1. The minimum Gasteiger partial charge on any atom is -0.444 e. The summed E-state index contributed by atoms with van der Waals surface area (Å²) in [5, 5.41) is 5.08. The van der Waals surface area contributed by atoms with Crippen LogP contribution in [0.15, 0.2) is 36.8 Å². The Labute approximate surface area is 199 Å². The van der Waals surface area contributed by atoms with Crippen LogP contribution >= 0.6 is 11.6 Å². The number of fused-ring (bicyclic) bond motifs is 1. The van der Waals surface area contributed by atoms with Crippen molar-refractivity contribution in [1.82, 2.24) is 19.4 Å². The maximum absolute atomic E-state index is 12.6. The highest BCUT2D eigenvalue weighted by molar-refractivity contribution is 6.30. The maximum atomic E-state index is 12.6. The molecule has 8 nitrogen and oxygen atoms in total. The summed E-state index contributed by atoms with van der Waals surface area (Å²) in [5.41, 5.74) is 2.19. The lowest BCUT2D eigenvalue weighted by Crippen LogP contribution is -2.54. The number of halogens is 1. The van der Waals surface area contributed by atoms with Crippen molar-refractivity contribution in [1.29, 1.82) is 0 Å². The highest BCUT2D eigenvalue weighted by Crippen LogP contribution is 2.35. The van der Waals surface area contributed by atoms with E-state index < -0.39 is 5.60 Å². The highest BCUT2D eigenvalue weighted by Gasteiger charge is 2.32. The summed E-state index contributed by atoms with van der Waals surface area (Å²) in [6.45, 7) is 12.4. The predicted molar refractivity (Wildman–Crippen MR) is 133 cm³/mol. The first-order valence-corrected chi connectivity index (χ1v) is 11.7. The third-order valence-electron chi connectivity index (χ3n) is 5.57. The zero-order chi connectivity index (χ0) is 23.8. The molecule has 1 N–H and O–H groups in total. The van der Waals surface area contributed by atoms with Gasteiger partial charge in [0.05, 0.1) is 11.1 Å². The molecule has 1 aliphatic heterocycles. The molecular formula is C24H31ClN6O2. The highest BCUT2D eigenvalue weighted by atomic mass is 35.5. The van der Waals surface area contributed by atoms with E-state index in [2.05, 4.69) is 34.0 Å². The summed E-state index contributed by atoms with van der Waals surface area (Å²) in [6.07, 6.45) is 3.36. The Kier molecular flexibility index (Phi) is 6.38. The Morgan fingerprint density at radius 2 is 2.06 bits per heavy atom. The van der Waals surface area contributed by atoms with E-state index >= 15 is 0 Å². The van der Waals surface area contributed by atoms with E-state index in [-0.39, 0.29) is 12.1 Å². The monoisotopic (exact) mass is 470 g/mol. The van der Waals surface area contributed by atoms with Crippen molar-refractivity contribution in [3.05, 3.63) is 41.8 Å². The van der Waals surface area contributed by atoms with Gasteiger partial charge in [-0.2, -0.15) is 0 Å². The van der Waals surface area contributed by atoms with Gasteiger partial charge in [0.15, 0.2) is 5.65 Å². The van der Waals surface area contributed by atoms with Crippen molar-refractivity contribution in [2.75, 3.05) is 36.4 Å². The fourth-order valence-electron chi connectivity index (χ4n) is 4.18. The number of nitrogens with one attached hydrogen (secondary N) is 1. The molecule has 1 unspecified atom stereocenters. The van der Waals surface area contributed by atoms with Crippen LogP contribution in [0.5, 0.6) is 0 Å². The number of nitrogens with zero attached hydrogens (tertiary/aromatic N) is 5. The summed E-state index contributed by atoms with van der Waals surface area (Å²) >= 11 is 6.25. The number of aromatic nitrogens is 3. The van der Waals surface area contributed by atoms with E-state index in [0.717, 1.165) is 34.8 Å². The third kappa shape index (κ3) is 4.85. The van der Waals surface area contributed by atoms with Gasteiger partial charge in [-0.15, -0.1) is 0 Å². The predicted octanol–water partition coefficient (Wildman–Crippen LogP) is 4.95. The van der Waals surface area contributed by atoms with Crippen LogP contribution in [0.25, 0.3) is 16.7 Å². The Bertz CT molecular complexity index is 1160. The second kappa shape index (κ2) is 9.09. The van der Waals surface area contributed by atoms with Crippen LogP contribution < -0.4 is 10.2 Å². The van der Waals surface area contributed by atoms with E-state index in [9.17, 15) is 4.79 Å². The summed E-state index contributed by atoms with van der Waals surface area (Å²) in [7, 11) is 0.